The summed E-state index contributed by atoms with van der Waals surface area (Å²) in [4.78, 5) is 21.7. The fourth-order valence-corrected chi connectivity index (χ4v) is 6.85. The van der Waals surface area contributed by atoms with Crippen LogP contribution >= 0.6 is 11.8 Å². The summed E-state index contributed by atoms with van der Waals surface area (Å²) in [5.41, 5.74) is 4.52. The van der Waals surface area contributed by atoms with E-state index in [1.54, 1.807) is 37.2 Å². The minimum absolute atomic E-state index is 0.00946. The number of fused-ring (bicyclic) bond motifs is 1. The molecule has 1 aliphatic heterocycles. The Kier molecular flexibility index (Phi) is 6.97. The van der Waals surface area contributed by atoms with Crippen LogP contribution in [0.15, 0.2) is 72.1 Å². The molecule has 4 aromatic rings. The zero-order chi connectivity index (χ0) is 25.1. The molecule has 36 heavy (non-hydrogen) atoms. The van der Waals surface area contributed by atoms with Crippen molar-refractivity contribution in [3.05, 3.63) is 83.7 Å². The second kappa shape index (κ2) is 10.3. The van der Waals surface area contributed by atoms with Gasteiger partial charge in [0.25, 0.3) is 5.91 Å². The number of ether oxygens (including phenoxy) is 1. The lowest BCUT2D eigenvalue weighted by Gasteiger charge is -2.12. The Labute approximate surface area is 214 Å². The molecule has 0 saturated carbocycles. The summed E-state index contributed by atoms with van der Waals surface area (Å²) < 4.78 is 30.7. The number of nitrogens with one attached hydrogen (secondary N) is 1. The summed E-state index contributed by atoms with van der Waals surface area (Å²) in [6.07, 6.45) is 4.02. The molecule has 2 aromatic carbocycles. The molecule has 5 rings (SSSR count). The van der Waals surface area contributed by atoms with Gasteiger partial charge in [-0.15, -0.1) is 0 Å². The van der Waals surface area contributed by atoms with Gasteiger partial charge in [0.15, 0.2) is 15.0 Å². The molecule has 1 saturated heterocycles. The van der Waals surface area contributed by atoms with Gasteiger partial charge in [0.1, 0.15) is 5.75 Å². The molecule has 3 heterocycles. The van der Waals surface area contributed by atoms with Gasteiger partial charge in [0, 0.05) is 23.6 Å². The fourth-order valence-electron chi connectivity index (χ4n) is 4.20. The molecule has 1 fully saturated rings. The molecular weight excluding hydrogens is 496 g/mol. The van der Waals surface area contributed by atoms with E-state index in [-0.39, 0.29) is 23.5 Å². The Morgan fingerprint density at radius 1 is 1.11 bits per heavy atom. The normalized spacial score (nSPS) is 16.8. The number of methoxy groups -OCH3 is 1. The van der Waals surface area contributed by atoms with Gasteiger partial charge in [0.2, 0.25) is 0 Å². The Bertz CT molecular complexity index is 1480. The van der Waals surface area contributed by atoms with Crippen molar-refractivity contribution in [2.75, 3.05) is 18.6 Å². The average Bonchev–Trinajstić information content (AvgIpc) is 3.42. The number of carbonyl (C=O) groups is 1. The monoisotopic (exact) mass is 522 g/mol. The molecule has 0 bridgehead atoms. The molecule has 1 N–H and O–H groups in total. The zero-order valence-corrected chi connectivity index (χ0v) is 21.4. The van der Waals surface area contributed by atoms with Gasteiger partial charge in [0.05, 0.1) is 42.4 Å². The number of benzene rings is 2. The highest BCUT2D eigenvalue weighted by molar-refractivity contribution is 7.98. The molecule has 0 spiro atoms. The van der Waals surface area contributed by atoms with Crippen LogP contribution in [0.2, 0.25) is 0 Å². The van der Waals surface area contributed by atoms with Crippen LogP contribution in [0, 0.1) is 0 Å². The lowest BCUT2D eigenvalue weighted by Crippen LogP contribution is -2.35. The van der Waals surface area contributed by atoms with E-state index in [2.05, 4.69) is 14.9 Å². The third-order valence-electron chi connectivity index (χ3n) is 6.17. The summed E-state index contributed by atoms with van der Waals surface area (Å²) in [5, 5.41) is 3.72. The van der Waals surface area contributed by atoms with Crippen LogP contribution in [-0.2, 0) is 22.1 Å². The van der Waals surface area contributed by atoms with Gasteiger partial charge in [-0.25, -0.2) is 13.4 Å². The number of amides is 1. The Balaban J connectivity index is 1.31. The number of hydrogen-bond donors (Lipinski definition) is 1. The van der Waals surface area contributed by atoms with E-state index in [0.717, 1.165) is 33.3 Å². The summed E-state index contributed by atoms with van der Waals surface area (Å²) in [7, 11) is -1.39. The van der Waals surface area contributed by atoms with Crippen molar-refractivity contribution in [3.63, 3.8) is 0 Å². The van der Waals surface area contributed by atoms with Gasteiger partial charge < -0.3 is 14.6 Å². The number of rotatable bonds is 8. The number of hydrogen-bond acceptors (Lipinski definition) is 7. The van der Waals surface area contributed by atoms with Crippen molar-refractivity contribution in [1.82, 2.24) is 19.9 Å². The SMILES string of the molecule is COc1ccc(CSc2nc3ccncc3n2Cc2ccc(C(=O)N[C@H]3CCS(=O)(=O)C3)cc2)cc1. The van der Waals surface area contributed by atoms with Gasteiger partial charge in [-0.1, -0.05) is 36.0 Å². The summed E-state index contributed by atoms with van der Waals surface area (Å²) in [5.74, 6) is 1.47. The van der Waals surface area contributed by atoms with Crippen molar-refractivity contribution < 1.29 is 17.9 Å². The molecular formula is C26H26N4O4S2. The molecule has 1 atom stereocenters. The molecule has 0 aliphatic carbocycles. The first-order valence-corrected chi connectivity index (χ1v) is 14.4. The quantitative estimate of drug-likeness (QED) is 0.352. The van der Waals surface area contributed by atoms with Crippen molar-refractivity contribution in [3.8, 4) is 5.75 Å². The summed E-state index contributed by atoms with van der Waals surface area (Å²) >= 11 is 1.65. The van der Waals surface area contributed by atoms with E-state index in [1.807, 2.05) is 48.7 Å². The van der Waals surface area contributed by atoms with E-state index in [0.29, 0.717) is 18.5 Å². The number of carbonyl (C=O) groups excluding carboxylic acids is 1. The molecule has 1 amide bonds. The largest absolute Gasteiger partial charge is 0.497 e. The van der Waals surface area contributed by atoms with Crippen molar-refractivity contribution in [2.24, 2.45) is 0 Å². The van der Waals surface area contributed by atoms with E-state index >= 15 is 0 Å². The van der Waals surface area contributed by atoms with Crippen LogP contribution in [0.3, 0.4) is 0 Å². The van der Waals surface area contributed by atoms with Crippen molar-refractivity contribution in [2.45, 2.75) is 29.9 Å². The first-order valence-electron chi connectivity index (χ1n) is 11.6. The molecule has 10 heteroatoms. The minimum atomic E-state index is -3.04. The van der Waals surface area contributed by atoms with Crippen LogP contribution in [0.1, 0.15) is 27.9 Å². The molecule has 8 nitrogen and oxygen atoms in total. The van der Waals surface area contributed by atoms with Gasteiger partial charge >= 0.3 is 0 Å². The van der Waals surface area contributed by atoms with E-state index in [4.69, 9.17) is 9.72 Å². The predicted octanol–water partition coefficient (Wildman–Crippen LogP) is 3.70. The van der Waals surface area contributed by atoms with Gasteiger partial charge in [-0.2, -0.15) is 0 Å². The maximum Gasteiger partial charge on any atom is 0.251 e. The maximum atomic E-state index is 12.6. The molecule has 1 aliphatic rings. The highest BCUT2D eigenvalue weighted by Gasteiger charge is 2.29. The molecule has 2 aromatic heterocycles. The highest BCUT2D eigenvalue weighted by atomic mass is 32.2. The predicted molar refractivity (Wildman–Crippen MR) is 140 cm³/mol. The first kappa shape index (κ1) is 24.3. The first-order chi connectivity index (χ1) is 17.4. The number of thioether (sulfide) groups is 1. The molecule has 186 valence electrons. The van der Waals surface area contributed by atoms with Crippen molar-refractivity contribution in [1.29, 1.82) is 0 Å². The fraction of sp³-hybridized carbons (Fsp3) is 0.269. The highest BCUT2D eigenvalue weighted by Crippen LogP contribution is 2.28. The van der Waals surface area contributed by atoms with Crippen LogP contribution in [0.5, 0.6) is 5.75 Å². The Hall–Kier alpha value is -3.37. The topological polar surface area (TPSA) is 103 Å². The number of imidazole rings is 1. The van der Waals surface area contributed by atoms with Crippen LogP contribution < -0.4 is 10.1 Å². The van der Waals surface area contributed by atoms with Crippen molar-refractivity contribution >= 4 is 38.5 Å². The Morgan fingerprint density at radius 3 is 2.56 bits per heavy atom. The Morgan fingerprint density at radius 2 is 1.86 bits per heavy atom. The van der Waals surface area contributed by atoms with E-state index in [1.165, 1.54) is 5.56 Å². The lowest BCUT2D eigenvalue weighted by molar-refractivity contribution is 0.0941. The number of sulfone groups is 1. The number of pyridine rings is 1. The second-order valence-electron chi connectivity index (χ2n) is 8.75. The summed E-state index contributed by atoms with van der Waals surface area (Å²) in [6, 6.07) is 17.0. The van der Waals surface area contributed by atoms with Gasteiger partial charge in [-0.3, -0.25) is 9.78 Å². The smallest absolute Gasteiger partial charge is 0.251 e. The third-order valence-corrected chi connectivity index (χ3v) is 8.98. The van der Waals surface area contributed by atoms with E-state index < -0.39 is 9.84 Å². The average molecular weight is 523 g/mol. The molecule has 0 unspecified atom stereocenters. The van der Waals surface area contributed by atoms with Gasteiger partial charge in [-0.05, 0) is 47.9 Å². The number of aromatic nitrogens is 3. The molecule has 0 radical (unpaired) electrons. The standard InChI is InChI=1S/C26H26N4O4S2/c1-34-22-8-4-19(5-9-22)16-35-26-29-23-10-12-27-14-24(23)30(26)15-18-2-6-20(7-3-18)25(31)28-21-11-13-36(32,33)17-21/h2-10,12,14,21H,11,13,15-17H2,1H3,(H,28,31)/t21-/m0/s1. The lowest BCUT2D eigenvalue weighted by atomic mass is 10.1. The van der Waals surface area contributed by atoms with Crippen LogP contribution in [-0.4, -0.2) is 53.5 Å². The zero-order valence-electron chi connectivity index (χ0n) is 19.8. The number of nitrogens with zero attached hydrogens (tertiary/aromatic N) is 3. The van der Waals surface area contributed by atoms with Crippen LogP contribution in [0.4, 0.5) is 0 Å². The minimum Gasteiger partial charge on any atom is -0.497 e. The second-order valence-corrected chi connectivity index (χ2v) is 11.9. The van der Waals surface area contributed by atoms with Crippen LogP contribution in [0.25, 0.3) is 11.0 Å². The summed E-state index contributed by atoms with van der Waals surface area (Å²) in [6.45, 7) is 0.579. The third kappa shape index (κ3) is 5.55. The van der Waals surface area contributed by atoms with E-state index in [9.17, 15) is 13.2 Å². The maximum absolute atomic E-state index is 12.6.